The van der Waals surface area contributed by atoms with Crippen molar-refractivity contribution in [3.05, 3.63) is 48.2 Å². The van der Waals surface area contributed by atoms with Gasteiger partial charge in [0.05, 0.1) is 5.56 Å². The van der Waals surface area contributed by atoms with Crippen LogP contribution in [-0.2, 0) is 6.18 Å². The van der Waals surface area contributed by atoms with E-state index in [-0.39, 0.29) is 5.58 Å². The van der Waals surface area contributed by atoms with E-state index in [1.54, 1.807) is 18.2 Å². The van der Waals surface area contributed by atoms with Crippen molar-refractivity contribution in [2.24, 2.45) is 0 Å². The molecule has 2 heterocycles. The Bertz CT molecular complexity index is 777. The maximum atomic E-state index is 12.6. The molecule has 0 amide bonds. The van der Waals surface area contributed by atoms with Gasteiger partial charge in [0.2, 0.25) is 0 Å². The number of hydrogen-bond donors (Lipinski definition) is 1. The zero-order valence-electron chi connectivity index (χ0n) is 10.1. The van der Waals surface area contributed by atoms with Gasteiger partial charge in [0.1, 0.15) is 11.3 Å². The largest absolute Gasteiger partial charge is 0.454 e. The lowest BCUT2D eigenvalue weighted by Gasteiger charge is -2.04. The molecule has 2 N–H and O–H groups in total. The van der Waals surface area contributed by atoms with Crippen LogP contribution in [0.3, 0.4) is 0 Å². The number of nitrogens with two attached hydrogens (primary N) is 1. The van der Waals surface area contributed by atoms with E-state index in [4.69, 9.17) is 10.2 Å². The highest BCUT2D eigenvalue weighted by molar-refractivity contribution is 5.83. The van der Waals surface area contributed by atoms with E-state index in [0.717, 1.165) is 12.1 Å². The minimum Gasteiger partial charge on any atom is -0.454 e. The second-order valence-electron chi connectivity index (χ2n) is 4.34. The molecule has 20 heavy (non-hydrogen) atoms. The molecule has 3 nitrogen and oxygen atoms in total. The number of aromatic nitrogens is 1. The first-order valence-corrected chi connectivity index (χ1v) is 5.76. The molecule has 0 bridgehead atoms. The first-order chi connectivity index (χ1) is 9.43. The minimum absolute atomic E-state index is 0.166. The summed E-state index contributed by atoms with van der Waals surface area (Å²) in [6.45, 7) is 0. The minimum atomic E-state index is -4.39. The van der Waals surface area contributed by atoms with E-state index in [1.165, 1.54) is 12.3 Å². The van der Waals surface area contributed by atoms with Crippen LogP contribution in [0.2, 0.25) is 0 Å². The number of rotatable bonds is 1. The van der Waals surface area contributed by atoms with Gasteiger partial charge in [-0.1, -0.05) is 6.07 Å². The molecule has 102 valence electrons. The summed E-state index contributed by atoms with van der Waals surface area (Å²) in [7, 11) is 0. The molecule has 0 spiro atoms. The Morgan fingerprint density at radius 3 is 2.55 bits per heavy atom. The van der Waals surface area contributed by atoms with Crippen LogP contribution in [-0.4, -0.2) is 4.98 Å². The van der Waals surface area contributed by atoms with Crippen LogP contribution in [0.5, 0.6) is 0 Å². The summed E-state index contributed by atoms with van der Waals surface area (Å²) in [4.78, 5) is 4.08. The fourth-order valence-electron chi connectivity index (χ4n) is 1.92. The van der Waals surface area contributed by atoms with Gasteiger partial charge in [0.25, 0.3) is 0 Å². The molecule has 0 atom stereocenters. The van der Waals surface area contributed by atoms with Crippen molar-refractivity contribution in [3.63, 3.8) is 0 Å². The van der Waals surface area contributed by atoms with Gasteiger partial charge < -0.3 is 10.2 Å². The van der Waals surface area contributed by atoms with Crippen LogP contribution in [0.1, 0.15) is 5.56 Å². The second kappa shape index (κ2) is 4.26. The summed E-state index contributed by atoms with van der Waals surface area (Å²) < 4.78 is 43.3. The maximum Gasteiger partial charge on any atom is 0.416 e. The summed E-state index contributed by atoms with van der Waals surface area (Å²) in [5.74, 6) is 0.381. The normalized spacial score (nSPS) is 11.9. The number of anilines is 1. The topological polar surface area (TPSA) is 52.0 Å². The first kappa shape index (κ1) is 12.5. The van der Waals surface area contributed by atoms with Crippen LogP contribution in [0.4, 0.5) is 18.9 Å². The average Bonchev–Trinajstić information content (AvgIpc) is 2.80. The molecule has 0 fully saturated rings. The first-order valence-electron chi connectivity index (χ1n) is 5.76. The number of benzene rings is 1. The van der Waals surface area contributed by atoms with Gasteiger partial charge in [-0.2, -0.15) is 13.2 Å². The highest BCUT2D eigenvalue weighted by Crippen LogP contribution is 2.34. The van der Waals surface area contributed by atoms with Crippen LogP contribution >= 0.6 is 0 Å². The van der Waals surface area contributed by atoms with E-state index in [9.17, 15) is 13.2 Å². The number of pyridine rings is 1. The lowest BCUT2D eigenvalue weighted by molar-refractivity contribution is -0.137. The molecule has 0 aliphatic heterocycles. The molecule has 3 rings (SSSR count). The highest BCUT2D eigenvalue weighted by atomic mass is 19.4. The van der Waals surface area contributed by atoms with Crippen LogP contribution in [0.15, 0.2) is 47.0 Å². The molecule has 2 aromatic heterocycles. The Hall–Kier alpha value is -2.50. The Balaban J connectivity index is 2.11. The van der Waals surface area contributed by atoms with Gasteiger partial charge in [-0.05, 0) is 30.3 Å². The Morgan fingerprint density at radius 1 is 1.05 bits per heavy atom. The molecule has 1 aromatic carbocycles. The van der Waals surface area contributed by atoms with Gasteiger partial charge in [0.15, 0.2) is 5.76 Å². The van der Waals surface area contributed by atoms with Crippen molar-refractivity contribution in [2.75, 3.05) is 5.73 Å². The number of nitrogens with zero attached hydrogens (tertiary/aromatic N) is 1. The Kier molecular flexibility index (Phi) is 2.67. The quantitative estimate of drug-likeness (QED) is 0.729. The molecule has 0 saturated carbocycles. The van der Waals surface area contributed by atoms with Crippen molar-refractivity contribution in [1.82, 2.24) is 4.98 Å². The van der Waals surface area contributed by atoms with Crippen molar-refractivity contribution >= 4 is 16.7 Å². The summed E-state index contributed by atoms with van der Waals surface area (Å²) in [5, 5.41) is 0.581. The number of hydrogen-bond acceptors (Lipinski definition) is 3. The number of fused-ring (bicyclic) bond motifs is 1. The predicted molar refractivity (Wildman–Crippen MR) is 68.9 cm³/mol. The number of halogens is 3. The smallest absolute Gasteiger partial charge is 0.416 e. The van der Waals surface area contributed by atoms with Crippen molar-refractivity contribution < 1.29 is 17.6 Å². The summed E-state index contributed by atoms with van der Waals surface area (Å²) >= 11 is 0. The van der Waals surface area contributed by atoms with Crippen molar-refractivity contribution in [3.8, 4) is 11.5 Å². The highest BCUT2D eigenvalue weighted by Gasteiger charge is 2.30. The van der Waals surface area contributed by atoms with Gasteiger partial charge in [-0.15, -0.1) is 0 Å². The molecule has 0 aliphatic rings. The van der Waals surface area contributed by atoms with Gasteiger partial charge in [0, 0.05) is 17.3 Å². The third-order valence-electron chi connectivity index (χ3n) is 2.88. The standard InChI is InChI=1S/C14H9F3N2O/c15-14(16,17)9-2-1-8-5-13(20-12(8)6-9)11-7-10(18)3-4-19-11/h1-7H,(H2,18,19). The molecule has 6 heteroatoms. The zero-order chi connectivity index (χ0) is 14.3. The van der Waals surface area contributed by atoms with Crippen molar-refractivity contribution in [1.29, 1.82) is 0 Å². The lowest BCUT2D eigenvalue weighted by Crippen LogP contribution is -2.03. The fourth-order valence-corrected chi connectivity index (χ4v) is 1.92. The van der Waals surface area contributed by atoms with Gasteiger partial charge in [-0.25, -0.2) is 0 Å². The summed E-state index contributed by atoms with van der Waals surface area (Å²) in [5.41, 5.74) is 6.05. The van der Waals surface area contributed by atoms with E-state index in [1.807, 2.05) is 0 Å². The van der Waals surface area contributed by atoms with E-state index < -0.39 is 11.7 Å². The van der Waals surface area contributed by atoms with Gasteiger partial charge in [-0.3, -0.25) is 4.98 Å². The monoisotopic (exact) mass is 278 g/mol. The van der Waals surface area contributed by atoms with Crippen LogP contribution < -0.4 is 5.73 Å². The maximum absolute atomic E-state index is 12.6. The number of furan rings is 1. The van der Waals surface area contributed by atoms with Gasteiger partial charge >= 0.3 is 6.18 Å². The van der Waals surface area contributed by atoms with Crippen LogP contribution in [0.25, 0.3) is 22.4 Å². The number of nitrogen functional groups attached to an aromatic ring is 1. The molecular weight excluding hydrogens is 269 g/mol. The van der Waals surface area contributed by atoms with E-state index in [2.05, 4.69) is 4.98 Å². The van der Waals surface area contributed by atoms with Crippen LogP contribution in [0, 0.1) is 0 Å². The second-order valence-corrected chi connectivity index (χ2v) is 4.34. The third kappa shape index (κ3) is 2.20. The molecule has 0 aliphatic carbocycles. The molecule has 0 unspecified atom stereocenters. The Morgan fingerprint density at radius 2 is 1.85 bits per heavy atom. The summed E-state index contributed by atoms with van der Waals surface area (Å²) in [6, 6.07) is 8.23. The Labute approximate surface area is 111 Å². The van der Waals surface area contributed by atoms with E-state index in [0.29, 0.717) is 22.5 Å². The molecule has 0 radical (unpaired) electrons. The average molecular weight is 278 g/mol. The number of alkyl halides is 3. The SMILES string of the molecule is Nc1ccnc(-c2cc3ccc(C(F)(F)F)cc3o2)c1. The molecular formula is C14H9F3N2O. The molecule has 0 saturated heterocycles. The lowest BCUT2D eigenvalue weighted by atomic mass is 10.1. The summed E-state index contributed by atoms with van der Waals surface area (Å²) in [6.07, 6.45) is -2.88. The van der Waals surface area contributed by atoms with E-state index >= 15 is 0 Å². The third-order valence-corrected chi connectivity index (χ3v) is 2.88. The zero-order valence-corrected chi connectivity index (χ0v) is 10.1. The fraction of sp³-hybridized carbons (Fsp3) is 0.0714. The molecule has 3 aromatic rings. The van der Waals surface area contributed by atoms with Crippen molar-refractivity contribution in [2.45, 2.75) is 6.18 Å². The predicted octanol–water partition coefficient (Wildman–Crippen LogP) is 4.10.